The molecule has 0 N–H and O–H groups in total. The van der Waals surface area contributed by atoms with Crippen molar-refractivity contribution < 1.29 is 19.1 Å². The number of aryl methyl sites for hydroxylation is 1. The van der Waals surface area contributed by atoms with Crippen LogP contribution in [0.15, 0.2) is 18.3 Å². The lowest BCUT2D eigenvalue weighted by atomic mass is 9.94. The molecule has 0 amide bonds. The van der Waals surface area contributed by atoms with Crippen LogP contribution in [0.4, 0.5) is 0 Å². The Hall–Kier alpha value is -1.82. The van der Waals surface area contributed by atoms with Gasteiger partial charge in [-0.3, -0.25) is 9.59 Å². The van der Waals surface area contributed by atoms with E-state index in [4.69, 9.17) is 9.47 Å². The fourth-order valence-corrected chi connectivity index (χ4v) is 8.24. The maximum atomic E-state index is 13.1. The van der Waals surface area contributed by atoms with Crippen molar-refractivity contribution in [1.82, 2.24) is 9.47 Å². The van der Waals surface area contributed by atoms with Crippen LogP contribution in [0.3, 0.4) is 0 Å². The van der Waals surface area contributed by atoms with Crippen molar-refractivity contribution in [3.8, 4) is 0 Å². The van der Waals surface area contributed by atoms with Gasteiger partial charge in [0.05, 0.1) is 25.0 Å². The van der Waals surface area contributed by atoms with E-state index in [0.717, 1.165) is 103 Å². The molecule has 0 aliphatic carbocycles. The quantitative estimate of drug-likeness (QED) is 0.0486. The maximum Gasteiger partial charge on any atom is 0.308 e. The number of rotatable bonds is 43. The van der Waals surface area contributed by atoms with Crippen molar-refractivity contribution in [1.29, 1.82) is 0 Å². The molecule has 57 heavy (non-hydrogen) atoms. The Balaban J connectivity index is 2.40. The van der Waals surface area contributed by atoms with E-state index in [1.54, 1.807) is 0 Å². The van der Waals surface area contributed by atoms with Crippen LogP contribution in [0.2, 0.25) is 0 Å². The number of carbonyl (C=O) groups excluding carboxylic acids is 2. The third kappa shape index (κ3) is 30.8. The van der Waals surface area contributed by atoms with E-state index in [1.165, 1.54) is 134 Å². The summed E-state index contributed by atoms with van der Waals surface area (Å²) in [6.07, 6.45) is 40.1. The Kier molecular flexibility index (Phi) is 37.0. The lowest BCUT2D eigenvalue weighted by Crippen LogP contribution is -2.30. The largest absolute Gasteiger partial charge is 0.465 e. The molecule has 0 aliphatic rings. The first-order valence-corrected chi connectivity index (χ1v) is 25.1. The van der Waals surface area contributed by atoms with Gasteiger partial charge >= 0.3 is 11.9 Å². The molecule has 0 aromatic carbocycles. The van der Waals surface area contributed by atoms with Gasteiger partial charge in [0, 0.05) is 25.0 Å². The Morgan fingerprint density at radius 3 is 1.23 bits per heavy atom. The molecule has 6 nitrogen and oxygen atoms in total. The van der Waals surface area contributed by atoms with E-state index in [2.05, 4.69) is 62.4 Å². The highest BCUT2D eigenvalue weighted by atomic mass is 16.5. The first-order valence-electron chi connectivity index (χ1n) is 25.1. The summed E-state index contributed by atoms with van der Waals surface area (Å²) in [5.41, 5.74) is 1.32. The number of ether oxygens (including phenoxy) is 2. The summed E-state index contributed by atoms with van der Waals surface area (Å²) in [6.45, 7) is 16.7. The normalized spacial score (nSPS) is 12.7. The first-order chi connectivity index (χ1) is 28.0. The van der Waals surface area contributed by atoms with Crippen LogP contribution in [0, 0.1) is 18.8 Å². The van der Waals surface area contributed by atoms with Crippen molar-refractivity contribution in [2.75, 3.05) is 32.8 Å². The molecule has 1 rings (SSSR count). The fourth-order valence-electron chi connectivity index (χ4n) is 8.24. The van der Waals surface area contributed by atoms with Crippen molar-refractivity contribution in [3.63, 3.8) is 0 Å². The summed E-state index contributed by atoms with van der Waals surface area (Å²) in [6, 6.07) is 4.34. The highest BCUT2D eigenvalue weighted by Gasteiger charge is 2.20. The summed E-state index contributed by atoms with van der Waals surface area (Å²) in [5, 5.41) is 0. The van der Waals surface area contributed by atoms with Crippen LogP contribution in [0.5, 0.6) is 0 Å². The van der Waals surface area contributed by atoms with Crippen LogP contribution in [-0.2, 0) is 25.6 Å². The zero-order chi connectivity index (χ0) is 41.4. The van der Waals surface area contributed by atoms with Crippen LogP contribution in [-0.4, -0.2) is 54.3 Å². The molecule has 1 aromatic rings. The van der Waals surface area contributed by atoms with Crippen LogP contribution in [0.25, 0.3) is 0 Å². The van der Waals surface area contributed by atoms with E-state index in [9.17, 15) is 9.59 Å². The standard InChI is InChI=1S/C51H96N2O4/c1-6-10-14-18-20-28-38-48(36-26-16-12-8-3)50(54)56-45-32-24-22-30-40-52(43-44-53-42-34-35-47(53)5)41-31-23-25-33-46-57-51(55)49(37-27-17-13-9-4)39-29-21-19-15-11-7-2/h34-35,42,48-49H,6-33,36-41,43-46H2,1-5H3. The van der Waals surface area contributed by atoms with Crippen LogP contribution >= 0.6 is 0 Å². The number of hydrogen-bond donors (Lipinski definition) is 0. The second kappa shape index (κ2) is 39.6. The smallest absolute Gasteiger partial charge is 0.308 e. The molecule has 6 heteroatoms. The Bertz CT molecular complexity index is 967. The second-order valence-corrected chi connectivity index (χ2v) is 17.6. The van der Waals surface area contributed by atoms with Gasteiger partial charge in [0.2, 0.25) is 0 Å². The molecule has 0 bridgehead atoms. The molecule has 0 spiro atoms. The molecular weight excluding hydrogens is 705 g/mol. The lowest BCUT2D eigenvalue weighted by Gasteiger charge is -2.23. The zero-order valence-corrected chi connectivity index (χ0v) is 38.8. The van der Waals surface area contributed by atoms with Gasteiger partial charge in [0.1, 0.15) is 0 Å². The molecule has 1 aromatic heterocycles. The maximum absolute atomic E-state index is 13.1. The molecule has 334 valence electrons. The monoisotopic (exact) mass is 801 g/mol. The number of unbranched alkanes of at least 4 members (excludes halogenated alkanes) is 22. The number of nitrogens with zero attached hydrogens (tertiary/aromatic N) is 2. The van der Waals surface area contributed by atoms with E-state index in [1.807, 2.05) is 0 Å². The minimum absolute atomic E-state index is 0.0650. The predicted molar refractivity (Wildman–Crippen MR) is 245 cm³/mol. The molecule has 0 radical (unpaired) electrons. The summed E-state index contributed by atoms with van der Waals surface area (Å²) in [4.78, 5) is 28.8. The van der Waals surface area contributed by atoms with E-state index in [0.29, 0.717) is 13.2 Å². The third-order valence-corrected chi connectivity index (χ3v) is 12.2. The van der Waals surface area contributed by atoms with Crippen molar-refractivity contribution >= 4 is 11.9 Å². The van der Waals surface area contributed by atoms with Gasteiger partial charge in [-0.05, 0) is 83.5 Å². The molecule has 0 aliphatic heterocycles. The van der Waals surface area contributed by atoms with Gasteiger partial charge in [-0.2, -0.15) is 0 Å². The molecule has 0 fully saturated rings. The molecular formula is C51H96N2O4. The van der Waals surface area contributed by atoms with Crippen molar-refractivity contribution in [3.05, 3.63) is 24.0 Å². The van der Waals surface area contributed by atoms with E-state index >= 15 is 0 Å². The average Bonchev–Trinajstić information content (AvgIpc) is 3.63. The topological polar surface area (TPSA) is 60.8 Å². The predicted octanol–water partition coefficient (Wildman–Crippen LogP) is 15.0. The van der Waals surface area contributed by atoms with E-state index in [-0.39, 0.29) is 23.8 Å². The number of carbonyl (C=O) groups is 2. The van der Waals surface area contributed by atoms with Crippen LogP contribution < -0.4 is 0 Å². The number of aromatic nitrogens is 1. The highest BCUT2D eigenvalue weighted by molar-refractivity contribution is 5.72. The molecule has 2 unspecified atom stereocenters. The summed E-state index contributed by atoms with van der Waals surface area (Å²) in [5.74, 6) is 0.320. The van der Waals surface area contributed by atoms with Crippen molar-refractivity contribution in [2.24, 2.45) is 11.8 Å². The van der Waals surface area contributed by atoms with Crippen LogP contribution in [0.1, 0.15) is 239 Å². The third-order valence-electron chi connectivity index (χ3n) is 12.2. The minimum atomic E-state index is 0.0650. The van der Waals surface area contributed by atoms with Gasteiger partial charge in [-0.25, -0.2) is 0 Å². The number of hydrogen-bond acceptors (Lipinski definition) is 5. The Labute approximate surface area is 354 Å². The fraction of sp³-hybridized carbons (Fsp3) is 0.882. The van der Waals surface area contributed by atoms with Crippen molar-refractivity contribution in [2.45, 2.75) is 247 Å². The van der Waals surface area contributed by atoms with Gasteiger partial charge in [0.15, 0.2) is 0 Å². The zero-order valence-electron chi connectivity index (χ0n) is 38.8. The molecule has 1 heterocycles. The second-order valence-electron chi connectivity index (χ2n) is 17.6. The van der Waals surface area contributed by atoms with Gasteiger partial charge in [-0.15, -0.1) is 0 Å². The van der Waals surface area contributed by atoms with Gasteiger partial charge < -0.3 is 18.9 Å². The lowest BCUT2D eigenvalue weighted by molar-refractivity contribution is -0.150. The molecule has 2 atom stereocenters. The highest BCUT2D eigenvalue weighted by Crippen LogP contribution is 2.22. The summed E-state index contributed by atoms with van der Waals surface area (Å²) >= 11 is 0. The Morgan fingerprint density at radius 1 is 0.491 bits per heavy atom. The molecule has 0 saturated carbocycles. The van der Waals surface area contributed by atoms with E-state index < -0.39 is 0 Å². The van der Waals surface area contributed by atoms with Gasteiger partial charge in [-0.1, -0.05) is 182 Å². The minimum Gasteiger partial charge on any atom is -0.465 e. The SMILES string of the molecule is CCCCCCCCC(CCCCCC)C(=O)OCCCCCCN(CCCCCCOC(=O)C(CCCCCC)CCCCCCCC)CCn1cccc1C. The first kappa shape index (κ1) is 53.2. The average molecular weight is 801 g/mol. The summed E-state index contributed by atoms with van der Waals surface area (Å²) in [7, 11) is 0. The number of esters is 2. The summed E-state index contributed by atoms with van der Waals surface area (Å²) < 4.78 is 14.1. The Morgan fingerprint density at radius 2 is 0.842 bits per heavy atom. The van der Waals surface area contributed by atoms with Gasteiger partial charge in [0.25, 0.3) is 0 Å². The molecule has 0 saturated heterocycles.